The molecular formula is C23H23NO4S. The molecule has 3 rings (SSSR count). The van der Waals surface area contributed by atoms with Crippen LogP contribution in [0.1, 0.15) is 36.1 Å². The monoisotopic (exact) mass is 409 g/mol. The Morgan fingerprint density at radius 2 is 1.76 bits per heavy atom. The van der Waals surface area contributed by atoms with Crippen LogP contribution in [0.5, 0.6) is 0 Å². The third-order valence-corrected chi connectivity index (χ3v) is 6.14. The van der Waals surface area contributed by atoms with Crippen molar-refractivity contribution in [2.24, 2.45) is 5.92 Å². The molecular weight excluding hydrogens is 386 g/mol. The van der Waals surface area contributed by atoms with Gasteiger partial charge in [0.25, 0.3) is 0 Å². The summed E-state index contributed by atoms with van der Waals surface area (Å²) in [4.78, 5) is 26.9. The highest BCUT2D eigenvalue weighted by atomic mass is 32.2. The first-order valence-electron chi connectivity index (χ1n) is 9.72. The lowest BCUT2D eigenvalue weighted by Gasteiger charge is -2.17. The van der Waals surface area contributed by atoms with Crippen LogP contribution in [0, 0.1) is 17.2 Å². The molecule has 0 saturated heterocycles. The first-order valence-corrected chi connectivity index (χ1v) is 10.5. The SMILES string of the molecule is CCOC(=O)C(Cc1cccc2c1Sc1cc(C#N)ccc1CC2)C(=O)OCC. The van der Waals surface area contributed by atoms with Gasteiger partial charge in [0.1, 0.15) is 0 Å². The van der Waals surface area contributed by atoms with Gasteiger partial charge < -0.3 is 9.47 Å². The van der Waals surface area contributed by atoms with Gasteiger partial charge in [-0.1, -0.05) is 36.0 Å². The zero-order valence-electron chi connectivity index (χ0n) is 16.6. The molecule has 1 aliphatic heterocycles. The van der Waals surface area contributed by atoms with E-state index in [9.17, 15) is 14.9 Å². The van der Waals surface area contributed by atoms with E-state index in [0.717, 1.165) is 28.2 Å². The van der Waals surface area contributed by atoms with Crippen molar-refractivity contribution in [3.63, 3.8) is 0 Å². The third-order valence-electron chi connectivity index (χ3n) is 4.82. The Labute approximate surface area is 175 Å². The fourth-order valence-corrected chi connectivity index (χ4v) is 4.69. The Balaban J connectivity index is 1.96. The quantitative estimate of drug-likeness (QED) is 0.528. The molecule has 0 N–H and O–H groups in total. The van der Waals surface area contributed by atoms with Crippen LogP contribution in [-0.4, -0.2) is 25.2 Å². The molecule has 1 heterocycles. The molecule has 0 saturated carbocycles. The van der Waals surface area contributed by atoms with Gasteiger partial charge in [-0.3, -0.25) is 9.59 Å². The van der Waals surface area contributed by atoms with E-state index in [1.165, 1.54) is 11.1 Å². The number of carbonyl (C=O) groups excluding carboxylic acids is 2. The molecule has 1 aliphatic rings. The van der Waals surface area contributed by atoms with Crippen LogP contribution in [0.25, 0.3) is 0 Å². The van der Waals surface area contributed by atoms with Gasteiger partial charge in [0.2, 0.25) is 0 Å². The fraction of sp³-hybridized carbons (Fsp3) is 0.348. The van der Waals surface area contributed by atoms with Gasteiger partial charge in [-0.25, -0.2) is 0 Å². The molecule has 0 radical (unpaired) electrons. The summed E-state index contributed by atoms with van der Waals surface area (Å²) in [5.41, 5.74) is 3.90. The molecule has 0 unspecified atom stereocenters. The predicted molar refractivity (Wildman–Crippen MR) is 110 cm³/mol. The van der Waals surface area contributed by atoms with Crippen LogP contribution in [0.2, 0.25) is 0 Å². The number of esters is 2. The van der Waals surface area contributed by atoms with E-state index >= 15 is 0 Å². The summed E-state index contributed by atoms with van der Waals surface area (Å²) in [5.74, 6) is -2.11. The summed E-state index contributed by atoms with van der Waals surface area (Å²) in [5, 5.41) is 9.24. The largest absolute Gasteiger partial charge is 0.465 e. The van der Waals surface area contributed by atoms with Crippen molar-refractivity contribution in [2.45, 2.75) is 42.9 Å². The maximum absolute atomic E-state index is 12.4. The number of rotatable bonds is 6. The van der Waals surface area contributed by atoms with E-state index in [2.05, 4.69) is 12.1 Å². The Morgan fingerprint density at radius 3 is 2.41 bits per heavy atom. The molecule has 5 nitrogen and oxygen atoms in total. The molecule has 0 aliphatic carbocycles. The molecule has 0 fully saturated rings. The number of carbonyl (C=O) groups is 2. The minimum Gasteiger partial charge on any atom is -0.465 e. The molecule has 0 spiro atoms. The van der Waals surface area contributed by atoms with Crippen LogP contribution in [0.3, 0.4) is 0 Å². The van der Waals surface area contributed by atoms with Gasteiger partial charge in [-0.05, 0) is 61.9 Å². The number of hydrogen-bond donors (Lipinski definition) is 0. The highest BCUT2D eigenvalue weighted by Crippen LogP contribution is 2.40. The lowest BCUT2D eigenvalue weighted by molar-refractivity contribution is -0.161. The first-order chi connectivity index (χ1) is 14.1. The smallest absolute Gasteiger partial charge is 0.320 e. The van der Waals surface area contributed by atoms with Crippen molar-refractivity contribution in [2.75, 3.05) is 13.2 Å². The van der Waals surface area contributed by atoms with E-state index < -0.39 is 17.9 Å². The Bertz CT molecular complexity index is 946. The minimum absolute atomic E-state index is 0.209. The predicted octanol–water partition coefficient (Wildman–Crippen LogP) is 4.09. The van der Waals surface area contributed by atoms with Crippen molar-refractivity contribution in [3.8, 4) is 6.07 Å². The van der Waals surface area contributed by atoms with E-state index in [1.54, 1.807) is 25.6 Å². The van der Waals surface area contributed by atoms with Crippen molar-refractivity contribution in [3.05, 3.63) is 58.7 Å². The van der Waals surface area contributed by atoms with Crippen LogP contribution < -0.4 is 0 Å². The highest BCUT2D eigenvalue weighted by Gasteiger charge is 2.31. The number of benzene rings is 2. The maximum Gasteiger partial charge on any atom is 0.320 e. The van der Waals surface area contributed by atoms with Gasteiger partial charge in [0.15, 0.2) is 5.92 Å². The Kier molecular flexibility index (Phi) is 6.95. The van der Waals surface area contributed by atoms with Crippen molar-refractivity contribution in [1.82, 2.24) is 0 Å². The van der Waals surface area contributed by atoms with E-state index in [-0.39, 0.29) is 19.6 Å². The number of hydrogen-bond acceptors (Lipinski definition) is 6. The average Bonchev–Trinajstić information content (AvgIpc) is 2.91. The summed E-state index contributed by atoms with van der Waals surface area (Å²) in [7, 11) is 0. The molecule has 6 heteroatoms. The number of nitrogens with zero attached hydrogens (tertiary/aromatic N) is 1. The van der Waals surface area contributed by atoms with Gasteiger partial charge in [0, 0.05) is 9.79 Å². The molecule has 2 aromatic rings. The second-order valence-corrected chi connectivity index (χ2v) is 7.75. The van der Waals surface area contributed by atoms with E-state index in [4.69, 9.17) is 9.47 Å². The zero-order chi connectivity index (χ0) is 20.8. The van der Waals surface area contributed by atoms with E-state index in [0.29, 0.717) is 5.56 Å². The summed E-state index contributed by atoms with van der Waals surface area (Å²) in [6.45, 7) is 3.85. The van der Waals surface area contributed by atoms with Crippen molar-refractivity contribution in [1.29, 1.82) is 5.26 Å². The second kappa shape index (κ2) is 9.62. The molecule has 29 heavy (non-hydrogen) atoms. The topological polar surface area (TPSA) is 76.4 Å². The number of fused-ring (bicyclic) bond motifs is 2. The van der Waals surface area contributed by atoms with Crippen LogP contribution in [-0.2, 0) is 38.3 Å². The fourth-order valence-electron chi connectivity index (χ4n) is 3.40. The summed E-state index contributed by atoms with van der Waals surface area (Å²) < 4.78 is 10.2. The molecule has 0 atom stereocenters. The highest BCUT2D eigenvalue weighted by molar-refractivity contribution is 7.99. The summed E-state index contributed by atoms with van der Waals surface area (Å²) in [6, 6.07) is 13.9. The molecule has 0 bridgehead atoms. The molecule has 150 valence electrons. The number of ether oxygens (including phenoxy) is 2. The van der Waals surface area contributed by atoms with Gasteiger partial charge in [-0.15, -0.1) is 0 Å². The van der Waals surface area contributed by atoms with Crippen LogP contribution >= 0.6 is 11.8 Å². The third kappa shape index (κ3) is 4.80. The summed E-state index contributed by atoms with van der Waals surface area (Å²) in [6.07, 6.45) is 1.96. The Hall–Kier alpha value is -2.78. The zero-order valence-corrected chi connectivity index (χ0v) is 17.4. The molecule has 0 aromatic heterocycles. The normalized spacial score (nSPS) is 12.3. The van der Waals surface area contributed by atoms with E-state index in [1.807, 2.05) is 30.3 Å². The van der Waals surface area contributed by atoms with Crippen LogP contribution in [0.15, 0.2) is 46.2 Å². The second-order valence-electron chi connectivity index (χ2n) is 6.70. The first kappa shape index (κ1) is 20.9. The summed E-state index contributed by atoms with van der Waals surface area (Å²) >= 11 is 1.60. The van der Waals surface area contributed by atoms with Gasteiger partial charge in [-0.2, -0.15) is 5.26 Å². The number of nitriles is 1. The Morgan fingerprint density at radius 1 is 1.07 bits per heavy atom. The van der Waals surface area contributed by atoms with Gasteiger partial charge >= 0.3 is 11.9 Å². The van der Waals surface area contributed by atoms with Crippen molar-refractivity contribution >= 4 is 23.7 Å². The van der Waals surface area contributed by atoms with Gasteiger partial charge in [0.05, 0.1) is 24.8 Å². The number of aryl methyl sites for hydroxylation is 2. The van der Waals surface area contributed by atoms with Crippen molar-refractivity contribution < 1.29 is 19.1 Å². The lowest BCUT2D eigenvalue weighted by atomic mass is 9.96. The average molecular weight is 410 g/mol. The molecule has 0 amide bonds. The maximum atomic E-state index is 12.4. The standard InChI is InChI=1S/C23H23NO4S/c1-3-27-22(25)19(23(26)28-4-2)13-18-7-5-6-17-11-10-16-9-8-15(14-24)12-20(16)29-21(17)18/h5-9,12,19H,3-4,10-11,13H2,1-2H3. The van der Waals surface area contributed by atoms with Crippen LogP contribution in [0.4, 0.5) is 0 Å². The molecule has 2 aromatic carbocycles. The lowest BCUT2D eigenvalue weighted by Crippen LogP contribution is -2.30. The minimum atomic E-state index is -0.991.